The Hall–Kier alpha value is -6.70. The van der Waals surface area contributed by atoms with Crippen LogP contribution in [0.2, 0.25) is 0 Å². The van der Waals surface area contributed by atoms with Gasteiger partial charge in [-0.05, 0) is 115 Å². The minimum atomic E-state index is -4.95. The topological polar surface area (TPSA) is 324 Å². The molecule has 20 nitrogen and oxygen atoms in total. The van der Waals surface area contributed by atoms with Gasteiger partial charge in [-0.15, -0.1) is 11.5 Å². The molecule has 0 saturated heterocycles. The summed E-state index contributed by atoms with van der Waals surface area (Å²) in [5.74, 6) is -0.123. The van der Waals surface area contributed by atoms with Gasteiger partial charge in [0.15, 0.2) is 0 Å². The second-order valence-electron chi connectivity index (χ2n) is 24.4. The molecule has 8 aromatic rings. The predicted octanol–water partition coefficient (Wildman–Crippen LogP) is 2.80. The van der Waals surface area contributed by atoms with Crippen molar-refractivity contribution < 1.29 is 95.3 Å². The van der Waals surface area contributed by atoms with Gasteiger partial charge in [-0.25, -0.2) is 30.0 Å². The van der Waals surface area contributed by atoms with Gasteiger partial charge in [0.1, 0.15) is 9.79 Å². The maximum atomic E-state index is 13.7. The van der Waals surface area contributed by atoms with Crippen molar-refractivity contribution in [3.8, 4) is 11.5 Å². The fourth-order valence-corrected chi connectivity index (χ4v) is 10.3. The fraction of sp³-hybridized carbons (Fsp3) is 0.290. The van der Waals surface area contributed by atoms with Crippen LogP contribution in [0.25, 0.3) is 12.2 Å². The zero-order chi connectivity index (χ0) is 61.2. The van der Waals surface area contributed by atoms with Gasteiger partial charge in [-0.2, -0.15) is 16.8 Å². The van der Waals surface area contributed by atoms with Gasteiger partial charge in [0.25, 0.3) is 20.2 Å². The van der Waals surface area contributed by atoms with Gasteiger partial charge in [0.05, 0.1) is 35.8 Å². The molecule has 2 heterocycles. The van der Waals surface area contributed by atoms with Crippen molar-refractivity contribution in [2.75, 3.05) is 0 Å². The van der Waals surface area contributed by atoms with Gasteiger partial charge in [-0.3, -0.25) is 39.0 Å². The first-order valence-electron chi connectivity index (χ1n) is 26.9. The summed E-state index contributed by atoms with van der Waals surface area (Å²) >= 11 is 0. The first-order valence-corrected chi connectivity index (χ1v) is 29.8. The molecule has 0 aliphatic carbocycles. The average Bonchev–Trinajstić information content (AvgIpc) is 1.75. The largest absolute Gasteiger partial charge is 1.00 e. The van der Waals surface area contributed by atoms with Gasteiger partial charge >= 0.3 is 59.1 Å². The van der Waals surface area contributed by atoms with E-state index in [4.69, 9.17) is 20.0 Å². The van der Waals surface area contributed by atoms with Crippen molar-refractivity contribution >= 4 is 55.1 Å². The van der Waals surface area contributed by atoms with Crippen molar-refractivity contribution in [3.63, 3.8) is 0 Å². The molecule has 0 saturated carbocycles. The van der Waals surface area contributed by atoms with Crippen molar-refractivity contribution in [2.24, 2.45) is 30.0 Å². The Labute approximate surface area is 544 Å². The van der Waals surface area contributed by atoms with Gasteiger partial charge in [0, 0.05) is 0 Å². The van der Waals surface area contributed by atoms with Crippen LogP contribution in [0.15, 0.2) is 161 Å². The average molecular weight is 1220 g/mol. The predicted molar refractivity (Wildman–Crippen MR) is 319 cm³/mol. The number of nitrogens with zero attached hydrogens (tertiary/aromatic N) is 6. The van der Waals surface area contributed by atoms with E-state index in [1.165, 1.54) is 36.4 Å². The summed E-state index contributed by atoms with van der Waals surface area (Å²) in [4.78, 5) is 45.9. The van der Waals surface area contributed by atoms with Crippen molar-refractivity contribution in [2.45, 2.75) is 128 Å². The van der Waals surface area contributed by atoms with Crippen molar-refractivity contribution in [1.82, 2.24) is 29.9 Å². The summed E-state index contributed by atoms with van der Waals surface area (Å²) in [5.41, 5.74) is 4.18. The number of benzene rings is 6. The Morgan fingerprint density at radius 2 is 0.663 bits per heavy atom. The van der Waals surface area contributed by atoms with Crippen LogP contribution in [0.4, 0.5) is 22.7 Å². The van der Waals surface area contributed by atoms with E-state index in [9.17, 15) is 36.2 Å². The molecule has 0 spiro atoms. The van der Waals surface area contributed by atoms with E-state index < -0.39 is 51.7 Å². The summed E-state index contributed by atoms with van der Waals surface area (Å²) in [6.07, 6.45) is 2.54. The van der Waals surface area contributed by atoms with E-state index in [0.29, 0.717) is 33.6 Å². The molecule has 0 unspecified atom stereocenters. The summed E-state index contributed by atoms with van der Waals surface area (Å²) in [7, 11) is -9.91. The van der Waals surface area contributed by atoms with Gasteiger partial charge in [0.2, 0.25) is 33.7 Å². The molecule has 24 heteroatoms. The molecule has 0 atom stereocenters. The summed E-state index contributed by atoms with van der Waals surface area (Å²) in [5, 5.41) is 27.4. The molecule has 440 valence electrons. The number of hydrogen-bond donors (Lipinski definition) is 8. The number of aromatic amines is 6. The molecule has 0 bridgehead atoms. The molecule has 0 aliphatic heterocycles. The maximum absolute atomic E-state index is 13.7. The third-order valence-electron chi connectivity index (χ3n) is 13.3. The first kappa shape index (κ1) is 68.4. The molecular formula is C62H70N12Na2O8S2. The Bertz CT molecular complexity index is 4160. The van der Waals surface area contributed by atoms with E-state index in [-0.39, 0.29) is 140 Å². The molecule has 6 aromatic carbocycles. The number of aromatic nitrogens is 6. The second kappa shape index (κ2) is 27.1. The number of rotatable bonds is 12. The third kappa shape index (κ3) is 18.0. The Morgan fingerprint density at radius 1 is 0.395 bits per heavy atom. The van der Waals surface area contributed by atoms with Crippen LogP contribution in [0, 0.1) is 0 Å². The molecule has 2 aromatic heterocycles. The summed E-state index contributed by atoms with van der Waals surface area (Å²) in [6, 6.07) is 34.0. The zero-order valence-corrected chi connectivity index (χ0v) is 56.6. The number of hydrogen-bond acceptors (Lipinski definition) is 12. The van der Waals surface area contributed by atoms with Crippen LogP contribution >= 0.6 is 0 Å². The quantitative estimate of drug-likeness (QED) is 0.0510. The molecule has 0 fully saturated rings. The van der Waals surface area contributed by atoms with Crippen LogP contribution in [-0.4, -0.2) is 55.8 Å². The van der Waals surface area contributed by atoms with E-state index in [2.05, 4.69) is 39.9 Å². The second-order valence-corrected chi connectivity index (χ2v) is 27.1. The van der Waals surface area contributed by atoms with Gasteiger partial charge < -0.3 is 10.2 Å². The Kier molecular flexibility index (Phi) is 21.6. The first-order chi connectivity index (χ1) is 39.2. The summed E-state index contributed by atoms with van der Waals surface area (Å²) in [6.45, 7) is 24.0. The monoisotopic (exact) mass is 1220 g/mol. The van der Waals surface area contributed by atoms with Gasteiger partial charge in [-0.1, -0.05) is 168 Å². The molecular weight excluding hydrogens is 1150 g/mol. The minimum Gasteiger partial charge on any atom is -0.872 e. The molecule has 8 N–H and O–H groups in total. The Morgan fingerprint density at radius 3 is 0.930 bits per heavy atom. The zero-order valence-electron chi connectivity index (χ0n) is 51.0. The molecule has 86 heavy (non-hydrogen) atoms. The van der Waals surface area contributed by atoms with Crippen LogP contribution in [0.5, 0.6) is 11.5 Å². The molecule has 8 rings (SSSR count). The third-order valence-corrected chi connectivity index (χ3v) is 15.1. The standard InChI is InChI=1S/C62H72N12O8S2.2Na/c1-59(2,3)45-29-43(30-46(51(45)75)60(4,5)6)67-57-71-53(63-35-37-19-15-13-16-20-37)69-55(73-57)65-41-27-25-39(49(33-41)83(77,78)79)23-24-40-26-28-42(34-50(40)84(80,81)82)66-56-70-54(64-36-38-21-17-14-18-22-38)72-58(74-56)68-44-31-47(61(7,8)9)52(76)48(32-44)62(10,11)12;;/h13-34,75-76H,35-36H2,1-12H3,(H,77,78,79)(H,80,81,82)(H3,63,65,67,69,71,73)(H3,64,66,68,70,72,74);;/q;2*+1/p-2/b24-23+;;. The molecule has 0 amide bonds. The number of H-pyrrole nitrogens is 6. The van der Waals surface area contributed by atoms with E-state index in [1.807, 2.05) is 144 Å². The van der Waals surface area contributed by atoms with Crippen LogP contribution < -0.4 is 103 Å². The van der Waals surface area contributed by atoms with Crippen LogP contribution in [-0.2, 0) is 55.0 Å². The minimum absolute atomic E-state index is 0. The van der Waals surface area contributed by atoms with E-state index in [1.54, 1.807) is 24.3 Å². The van der Waals surface area contributed by atoms with E-state index in [0.717, 1.165) is 23.3 Å². The summed E-state index contributed by atoms with van der Waals surface area (Å²) < 4.78 is 73.5. The molecule has 0 radical (unpaired) electrons. The van der Waals surface area contributed by atoms with Crippen molar-refractivity contribution in [1.29, 1.82) is 0 Å². The molecule has 0 aliphatic rings. The fourth-order valence-electron chi connectivity index (χ4n) is 8.94. The Balaban J connectivity index is 0.00000591. The van der Waals surface area contributed by atoms with Crippen LogP contribution in [0.3, 0.4) is 0 Å². The normalized spacial score (nSPS) is 14.0. The van der Waals surface area contributed by atoms with Crippen LogP contribution in [0.1, 0.15) is 128 Å². The maximum Gasteiger partial charge on any atom is 1.00 e. The smallest absolute Gasteiger partial charge is 0.872 e. The number of nitrogens with one attached hydrogen (secondary N) is 6. The van der Waals surface area contributed by atoms with Crippen molar-refractivity contribution in [3.05, 3.63) is 200 Å². The SMILES string of the molecule is CC(C)(C)c1cc(N=c2[nH]c(=NCc3ccccc3)[nH]c(=Nc3ccc(/C=C/c4ccc(N=c5[nH]c(=NCc6ccccc6)[nH]c(=Nc6cc(C(C)(C)C)c([O-])c(C(C)(C)C)c6)[nH]5)cc4S(=O)(=O)O)c(S(=O)(=O)O)c3)[nH]2)cc(C(C)(C)C)c1[O-].[Na+].[Na+]. The van der Waals surface area contributed by atoms with E-state index >= 15 is 0 Å².